The second-order valence-electron chi connectivity index (χ2n) is 11.0. The average molecular weight is 549 g/mol. The second kappa shape index (κ2) is 9.37. The molecule has 0 aliphatic rings. The highest BCUT2D eigenvalue weighted by Gasteiger charge is 2.13. The van der Waals surface area contributed by atoms with E-state index in [0.29, 0.717) is 0 Å². The summed E-state index contributed by atoms with van der Waals surface area (Å²) in [6.07, 6.45) is 3.54. The van der Waals surface area contributed by atoms with Crippen LogP contribution in [0.15, 0.2) is 150 Å². The molecule has 0 saturated carbocycles. The molecular weight excluding hydrogens is 524 g/mol. The second-order valence-corrected chi connectivity index (χ2v) is 11.0. The van der Waals surface area contributed by atoms with Crippen molar-refractivity contribution in [1.29, 1.82) is 0 Å². The molecule has 9 aromatic rings. The first-order valence-electron chi connectivity index (χ1n) is 14.5. The van der Waals surface area contributed by atoms with Crippen LogP contribution < -0.4 is 0 Å². The first-order valence-corrected chi connectivity index (χ1v) is 14.5. The van der Waals surface area contributed by atoms with Crippen molar-refractivity contribution in [3.63, 3.8) is 0 Å². The van der Waals surface area contributed by atoms with E-state index in [9.17, 15) is 0 Å². The monoisotopic (exact) mass is 548 g/mol. The largest absolute Gasteiger partial charge is 0.456 e. The fraction of sp³-hybridized carbons (Fsp3) is 0. The summed E-state index contributed by atoms with van der Waals surface area (Å²) in [4.78, 5) is 9.38. The minimum absolute atomic E-state index is 0.900. The first-order chi connectivity index (χ1) is 21.3. The lowest BCUT2D eigenvalue weighted by Crippen LogP contribution is -1.89. The zero-order valence-corrected chi connectivity index (χ0v) is 23.2. The summed E-state index contributed by atoms with van der Waals surface area (Å²) in [5, 5.41) is 6.88. The van der Waals surface area contributed by atoms with Gasteiger partial charge in [-0.3, -0.25) is 9.97 Å². The molecule has 0 amide bonds. The number of furan rings is 1. The Kier molecular flexibility index (Phi) is 5.20. The first kappa shape index (κ1) is 23.9. The van der Waals surface area contributed by atoms with Gasteiger partial charge in [0.05, 0.1) is 11.0 Å². The summed E-state index contributed by atoms with van der Waals surface area (Å²) in [6, 6.07) is 47.4. The molecule has 3 nitrogen and oxygen atoms in total. The highest BCUT2D eigenvalue weighted by Crippen LogP contribution is 2.38. The molecule has 9 rings (SSSR count). The number of hydrogen-bond donors (Lipinski definition) is 0. The minimum Gasteiger partial charge on any atom is -0.456 e. The third kappa shape index (κ3) is 3.83. The molecule has 0 aliphatic carbocycles. The van der Waals surface area contributed by atoms with Crippen LogP contribution in [0.4, 0.5) is 0 Å². The van der Waals surface area contributed by atoms with Gasteiger partial charge in [0.15, 0.2) is 0 Å². The molecule has 0 N–H and O–H groups in total. The third-order valence-corrected chi connectivity index (χ3v) is 8.55. The fourth-order valence-electron chi connectivity index (χ4n) is 6.46. The molecule has 0 radical (unpaired) electrons. The summed E-state index contributed by atoms with van der Waals surface area (Å²) in [6.45, 7) is 0. The van der Waals surface area contributed by atoms with Crippen LogP contribution >= 0.6 is 0 Å². The van der Waals surface area contributed by atoms with Gasteiger partial charge in [0.1, 0.15) is 11.2 Å². The Morgan fingerprint density at radius 3 is 1.49 bits per heavy atom. The number of benzene rings is 7. The molecule has 0 bridgehead atoms. The van der Waals surface area contributed by atoms with Gasteiger partial charge in [-0.05, 0) is 80.6 Å². The van der Waals surface area contributed by atoms with Gasteiger partial charge in [0.25, 0.3) is 0 Å². The molecule has 2 heterocycles. The number of hydrogen-bond acceptors (Lipinski definition) is 3. The fourth-order valence-corrected chi connectivity index (χ4v) is 6.46. The van der Waals surface area contributed by atoms with Crippen molar-refractivity contribution in [2.45, 2.75) is 0 Å². The summed E-state index contributed by atoms with van der Waals surface area (Å²) in [7, 11) is 0. The lowest BCUT2D eigenvalue weighted by atomic mass is 9.94. The zero-order chi connectivity index (χ0) is 28.3. The van der Waals surface area contributed by atoms with Crippen molar-refractivity contribution in [2.24, 2.45) is 0 Å². The Bertz CT molecular complexity index is 2470. The van der Waals surface area contributed by atoms with E-state index in [2.05, 4.69) is 132 Å². The van der Waals surface area contributed by atoms with Crippen LogP contribution in [0, 0.1) is 0 Å². The van der Waals surface area contributed by atoms with Gasteiger partial charge in [-0.2, -0.15) is 0 Å². The topological polar surface area (TPSA) is 38.9 Å². The lowest BCUT2D eigenvalue weighted by Gasteiger charge is -2.11. The molecule has 200 valence electrons. The van der Waals surface area contributed by atoms with E-state index in [0.717, 1.165) is 49.3 Å². The molecular formula is C40H24N2O. The molecule has 7 aromatic carbocycles. The Morgan fingerprint density at radius 1 is 0.326 bits per heavy atom. The van der Waals surface area contributed by atoms with E-state index in [4.69, 9.17) is 9.40 Å². The average Bonchev–Trinajstić information content (AvgIpc) is 3.46. The Balaban J connectivity index is 1.17. The summed E-state index contributed by atoms with van der Waals surface area (Å²) < 4.78 is 6.22. The highest BCUT2D eigenvalue weighted by molar-refractivity contribution is 6.23. The van der Waals surface area contributed by atoms with Crippen LogP contribution in [0.25, 0.3) is 87.9 Å². The molecule has 3 heteroatoms. The Morgan fingerprint density at radius 2 is 0.814 bits per heavy atom. The van der Waals surface area contributed by atoms with Crippen molar-refractivity contribution >= 4 is 54.5 Å². The van der Waals surface area contributed by atoms with Gasteiger partial charge < -0.3 is 4.42 Å². The molecule has 0 fully saturated rings. The third-order valence-electron chi connectivity index (χ3n) is 8.55. The van der Waals surface area contributed by atoms with Crippen LogP contribution in [-0.2, 0) is 0 Å². The van der Waals surface area contributed by atoms with Gasteiger partial charge in [0.2, 0.25) is 0 Å². The van der Waals surface area contributed by atoms with Crippen LogP contribution in [0.1, 0.15) is 0 Å². The van der Waals surface area contributed by atoms with Crippen molar-refractivity contribution in [1.82, 2.24) is 9.97 Å². The van der Waals surface area contributed by atoms with E-state index in [1.165, 1.54) is 38.6 Å². The number of nitrogens with zero attached hydrogens (tertiary/aromatic N) is 2. The highest BCUT2D eigenvalue weighted by atomic mass is 16.3. The van der Waals surface area contributed by atoms with Crippen LogP contribution in [0.3, 0.4) is 0 Å². The quantitative estimate of drug-likeness (QED) is 0.206. The minimum atomic E-state index is 0.900. The summed E-state index contributed by atoms with van der Waals surface area (Å²) in [5.74, 6) is 0. The van der Waals surface area contributed by atoms with Gasteiger partial charge in [-0.1, -0.05) is 97.1 Å². The van der Waals surface area contributed by atoms with E-state index in [1.807, 2.05) is 6.07 Å². The predicted octanol–water partition coefficient (Wildman–Crippen LogP) is 10.8. The maximum Gasteiger partial charge on any atom is 0.135 e. The zero-order valence-electron chi connectivity index (χ0n) is 23.2. The SMILES string of the molecule is c1ccc(-c2ccc3oc4ccc(-c5cccc(-c6ccc7c(c6)c6ccccc6c6nccnc76)c5)cc4c3c2)cc1. The number of fused-ring (bicyclic) bond motifs is 9. The van der Waals surface area contributed by atoms with Crippen LogP contribution in [-0.4, -0.2) is 9.97 Å². The molecule has 0 unspecified atom stereocenters. The van der Waals surface area contributed by atoms with Crippen LogP contribution in [0.5, 0.6) is 0 Å². The van der Waals surface area contributed by atoms with Gasteiger partial charge in [0, 0.05) is 33.9 Å². The van der Waals surface area contributed by atoms with Crippen molar-refractivity contribution < 1.29 is 4.42 Å². The smallest absolute Gasteiger partial charge is 0.135 e. The Hall–Kier alpha value is -5.80. The van der Waals surface area contributed by atoms with Crippen molar-refractivity contribution in [3.8, 4) is 33.4 Å². The van der Waals surface area contributed by atoms with E-state index in [-0.39, 0.29) is 0 Å². The molecule has 0 saturated heterocycles. The van der Waals surface area contributed by atoms with Gasteiger partial charge in [-0.25, -0.2) is 0 Å². The lowest BCUT2D eigenvalue weighted by molar-refractivity contribution is 0.669. The van der Waals surface area contributed by atoms with Crippen LogP contribution in [0.2, 0.25) is 0 Å². The predicted molar refractivity (Wildman–Crippen MR) is 178 cm³/mol. The van der Waals surface area contributed by atoms with E-state index < -0.39 is 0 Å². The van der Waals surface area contributed by atoms with Crippen molar-refractivity contribution in [2.75, 3.05) is 0 Å². The molecule has 0 spiro atoms. The van der Waals surface area contributed by atoms with Gasteiger partial charge in [-0.15, -0.1) is 0 Å². The molecule has 2 aromatic heterocycles. The van der Waals surface area contributed by atoms with Gasteiger partial charge >= 0.3 is 0 Å². The summed E-state index contributed by atoms with van der Waals surface area (Å²) in [5.41, 5.74) is 10.7. The number of rotatable bonds is 3. The van der Waals surface area contributed by atoms with E-state index in [1.54, 1.807) is 12.4 Å². The molecule has 0 atom stereocenters. The van der Waals surface area contributed by atoms with E-state index >= 15 is 0 Å². The molecule has 43 heavy (non-hydrogen) atoms. The maximum atomic E-state index is 6.22. The number of aromatic nitrogens is 2. The standard InChI is InChI=1S/C40H24N2O/c1-2-7-25(8-3-1)28-14-17-37-35(23-28)36-24-30(15-18-38(36)43-37)27-10-6-9-26(21-27)29-13-16-33-34(22-29)31-11-4-5-12-32(31)39-40(33)42-20-19-41-39/h1-24H. The Labute approximate surface area is 247 Å². The summed E-state index contributed by atoms with van der Waals surface area (Å²) >= 11 is 0. The maximum absolute atomic E-state index is 6.22. The normalized spacial score (nSPS) is 11.7. The molecule has 0 aliphatic heterocycles. The van der Waals surface area contributed by atoms with Crippen molar-refractivity contribution in [3.05, 3.63) is 146 Å².